The standard InChI is InChI=1S/C19H24N4O4/c1-2-8-20-19(27)21-10-12-6-7-14-13(9-12)11-23(18(14)26)15-4-3-5-16(24)22-17(15)25/h6-7,9,15H,2-5,8,10-11H2,1H3,(H2,20,21,27)(H,22,24,25)/t15-/m0/s1. The van der Waals surface area contributed by atoms with E-state index in [9.17, 15) is 19.2 Å². The highest BCUT2D eigenvalue weighted by Crippen LogP contribution is 2.28. The number of carbonyl (C=O) groups is 4. The molecule has 0 spiro atoms. The van der Waals surface area contributed by atoms with Crippen molar-refractivity contribution in [3.8, 4) is 0 Å². The first-order valence-corrected chi connectivity index (χ1v) is 9.27. The zero-order chi connectivity index (χ0) is 19.4. The third-order valence-electron chi connectivity index (χ3n) is 4.81. The SMILES string of the molecule is CCCNC(=O)NCc1ccc2c(c1)CN([C@H]1CCCC(=O)NC1=O)C2=O. The summed E-state index contributed by atoms with van der Waals surface area (Å²) >= 11 is 0. The van der Waals surface area contributed by atoms with E-state index in [1.807, 2.05) is 13.0 Å². The lowest BCUT2D eigenvalue weighted by Gasteiger charge is -2.24. The molecular formula is C19H24N4O4. The van der Waals surface area contributed by atoms with Crippen LogP contribution < -0.4 is 16.0 Å². The summed E-state index contributed by atoms with van der Waals surface area (Å²) in [6.45, 7) is 3.28. The normalized spacial score (nSPS) is 19.4. The number of amides is 5. The van der Waals surface area contributed by atoms with Crippen molar-refractivity contribution in [3.63, 3.8) is 0 Å². The average molecular weight is 372 g/mol. The van der Waals surface area contributed by atoms with Crippen molar-refractivity contribution in [2.24, 2.45) is 0 Å². The summed E-state index contributed by atoms with van der Waals surface area (Å²) in [5, 5.41) is 7.87. The van der Waals surface area contributed by atoms with Crippen LogP contribution in [0.2, 0.25) is 0 Å². The molecule has 8 nitrogen and oxygen atoms in total. The topological polar surface area (TPSA) is 108 Å². The quantitative estimate of drug-likeness (QED) is 0.671. The lowest BCUT2D eigenvalue weighted by Crippen LogP contribution is -2.46. The van der Waals surface area contributed by atoms with Crippen LogP contribution in [0.5, 0.6) is 0 Å². The van der Waals surface area contributed by atoms with Crippen molar-refractivity contribution < 1.29 is 19.2 Å². The van der Waals surface area contributed by atoms with E-state index in [-0.39, 0.29) is 17.8 Å². The molecule has 3 rings (SSSR count). The minimum Gasteiger partial charge on any atom is -0.338 e. The molecule has 1 saturated heterocycles. The number of nitrogens with one attached hydrogen (secondary N) is 3. The predicted octanol–water partition coefficient (Wildman–Crippen LogP) is 1.05. The summed E-state index contributed by atoms with van der Waals surface area (Å²) in [4.78, 5) is 49.7. The Balaban J connectivity index is 1.67. The van der Waals surface area contributed by atoms with Crippen LogP contribution in [0.3, 0.4) is 0 Å². The number of fused-ring (bicyclic) bond motifs is 1. The van der Waals surface area contributed by atoms with Crippen LogP contribution in [0.25, 0.3) is 0 Å². The molecule has 1 fully saturated rings. The van der Waals surface area contributed by atoms with E-state index in [4.69, 9.17) is 0 Å². The van der Waals surface area contributed by atoms with Crippen molar-refractivity contribution in [2.45, 2.75) is 51.7 Å². The van der Waals surface area contributed by atoms with Gasteiger partial charge in [-0.1, -0.05) is 19.1 Å². The van der Waals surface area contributed by atoms with Gasteiger partial charge in [-0.25, -0.2) is 4.79 Å². The molecule has 0 aliphatic carbocycles. The molecule has 0 radical (unpaired) electrons. The maximum atomic E-state index is 12.7. The molecule has 1 aromatic carbocycles. The fourth-order valence-electron chi connectivity index (χ4n) is 3.41. The molecule has 2 aliphatic heterocycles. The molecule has 27 heavy (non-hydrogen) atoms. The molecule has 0 bridgehead atoms. The van der Waals surface area contributed by atoms with Crippen LogP contribution in [0.1, 0.15) is 54.1 Å². The first kappa shape index (κ1) is 18.9. The number of hydrogen-bond acceptors (Lipinski definition) is 4. The van der Waals surface area contributed by atoms with Crippen LogP contribution in [0, 0.1) is 0 Å². The second-order valence-corrected chi connectivity index (χ2v) is 6.85. The minimum atomic E-state index is -0.627. The first-order valence-electron chi connectivity index (χ1n) is 9.27. The highest BCUT2D eigenvalue weighted by Gasteiger charge is 2.37. The first-order chi connectivity index (χ1) is 13.0. The van der Waals surface area contributed by atoms with E-state index >= 15 is 0 Å². The number of carbonyl (C=O) groups excluding carboxylic acids is 4. The second-order valence-electron chi connectivity index (χ2n) is 6.85. The molecule has 8 heteroatoms. The third kappa shape index (κ3) is 4.27. The van der Waals surface area contributed by atoms with Crippen molar-refractivity contribution >= 4 is 23.8 Å². The molecular weight excluding hydrogens is 348 g/mol. The lowest BCUT2D eigenvalue weighted by atomic mass is 10.1. The number of nitrogens with zero attached hydrogens (tertiary/aromatic N) is 1. The second kappa shape index (κ2) is 8.20. The molecule has 5 amide bonds. The Bertz CT molecular complexity index is 777. The number of urea groups is 1. The molecule has 2 aliphatic rings. The van der Waals surface area contributed by atoms with Gasteiger partial charge in [-0.3, -0.25) is 19.7 Å². The lowest BCUT2D eigenvalue weighted by molar-refractivity contribution is -0.132. The van der Waals surface area contributed by atoms with E-state index in [1.54, 1.807) is 12.1 Å². The molecule has 0 unspecified atom stereocenters. The molecule has 2 heterocycles. The molecule has 1 atom stereocenters. The third-order valence-corrected chi connectivity index (χ3v) is 4.81. The highest BCUT2D eigenvalue weighted by molar-refractivity contribution is 6.04. The van der Waals surface area contributed by atoms with E-state index in [0.717, 1.165) is 17.5 Å². The van der Waals surface area contributed by atoms with Crippen LogP contribution in [-0.4, -0.2) is 41.2 Å². The van der Waals surface area contributed by atoms with Gasteiger partial charge < -0.3 is 15.5 Å². The van der Waals surface area contributed by atoms with E-state index < -0.39 is 11.9 Å². The van der Waals surface area contributed by atoms with Gasteiger partial charge in [0.2, 0.25) is 11.8 Å². The van der Waals surface area contributed by atoms with Crippen LogP contribution in [0.15, 0.2) is 18.2 Å². The van der Waals surface area contributed by atoms with Gasteiger partial charge in [0.05, 0.1) is 0 Å². The predicted molar refractivity (Wildman–Crippen MR) is 97.6 cm³/mol. The van der Waals surface area contributed by atoms with Gasteiger partial charge in [-0.15, -0.1) is 0 Å². The largest absolute Gasteiger partial charge is 0.338 e. The summed E-state index contributed by atoms with van der Waals surface area (Å²) in [5.41, 5.74) is 2.28. The Hall–Kier alpha value is -2.90. The Morgan fingerprint density at radius 3 is 2.85 bits per heavy atom. The highest BCUT2D eigenvalue weighted by atomic mass is 16.2. The van der Waals surface area contributed by atoms with Crippen LogP contribution >= 0.6 is 0 Å². The van der Waals surface area contributed by atoms with Gasteiger partial charge in [0.25, 0.3) is 5.91 Å². The Labute approximate surface area is 157 Å². The summed E-state index contributed by atoms with van der Waals surface area (Å²) in [7, 11) is 0. The zero-order valence-corrected chi connectivity index (χ0v) is 15.3. The van der Waals surface area contributed by atoms with Crippen LogP contribution in [-0.2, 0) is 22.7 Å². The molecule has 1 aromatic rings. The van der Waals surface area contributed by atoms with E-state index in [2.05, 4.69) is 16.0 Å². The summed E-state index contributed by atoms with van der Waals surface area (Å²) in [6, 6.07) is 4.57. The minimum absolute atomic E-state index is 0.195. The number of imide groups is 1. The van der Waals surface area contributed by atoms with Crippen molar-refractivity contribution in [2.75, 3.05) is 6.54 Å². The summed E-state index contributed by atoms with van der Waals surface area (Å²) in [6.07, 6.45) is 2.21. The van der Waals surface area contributed by atoms with E-state index in [1.165, 1.54) is 4.90 Å². The van der Waals surface area contributed by atoms with Crippen LogP contribution in [0.4, 0.5) is 4.79 Å². The van der Waals surface area contributed by atoms with Gasteiger partial charge in [0, 0.05) is 31.6 Å². The monoisotopic (exact) mass is 372 g/mol. The fourth-order valence-corrected chi connectivity index (χ4v) is 3.41. The Kier molecular flexibility index (Phi) is 5.73. The molecule has 3 N–H and O–H groups in total. The zero-order valence-electron chi connectivity index (χ0n) is 15.3. The Morgan fingerprint density at radius 2 is 2.07 bits per heavy atom. The van der Waals surface area contributed by atoms with Crippen molar-refractivity contribution in [3.05, 3.63) is 34.9 Å². The number of benzene rings is 1. The van der Waals surface area contributed by atoms with Crippen molar-refractivity contribution in [1.82, 2.24) is 20.9 Å². The smallest absolute Gasteiger partial charge is 0.315 e. The summed E-state index contributed by atoms with van der Waals surface area (Å²) < 4.78 is 0. The number of rotatable bonds is 5. The van der Waals surface area contributed by atoms with E-state index in [0.29, 0.717) is 44.5 Å². The average Bonchev–Trinajstić information content (AvgIpc) is 2.86. The van der Waals surface area contributed by atoms with Crippen molar-refractivity contribution in [1.29, 1.82) is 0 Å². The van der Waals surface area contributed by atoms with Gasteiger partial charge in [-0.2, -0.15) is 0 Å². The molecule has 0 saturated carbocycles. The van der Waals surface area contributed by atoms with Gasteiger partial charge in [0.1, 0.15) is 6.04 Å². The maximum absolute atomic E-state index is 12.7. The molecule has 0 aromatic heterocycles. The molecule has 144 valence electrons. The number of hydrogen-bond donors (Lipinski definition) is 3. The summed E-state index contributed by atoms with van der Waals surface area (Å²) in [5.74, 6) is -0.894. The fraction of sp³-hybridized carbons (Fsp3) is 0.474. The van der Waals surface area contributed by atoms with Gasteiger partial charge in [-0.05, 0) is 36.5 Å². The van der Waals surface area contributed by atoms with Gasteiger partial charge in [0.15, 0.2) is 0 Å². The Morgan fingerprint density at radius 1 is 1.26 bits per heavy atom. The van der Waals surface area contributed by atoms with Gasteiger partial charge >= 0.3 is 6.03 Å². The maximum Gasteiger partial charge on any atom is 0.315 e.